The van der Waals surface area contributed by atoms with Gasteiger partial charge in [-0.1, -0.05) is 55.0 Å². The number of rotatable bonds is 7. The maximum absolute atomic E-state index is 4.79. The molecule has 2 heterocycles. The number of fused-ring (bicyclic) bond motifs is 3. The van der Waals surface area contributed by atoms with Crippen LogP contribution >= 0.6 is 0 Å². The molecule has 3 heteroatoms. The van der Waals surface area contributed by atoms with Crippen molar-refractivity contribution >= 4 is 16.6 Å². The fourth-order valence-corrected chi connectivity index (χ4v) is 4.27. The van der Waals surface area contributed by atoms with Gasteiger partial charge >= 0.3 is 0 Å². The molecule has 1 aliphatic heterocycles. The molecule has 0 fully saturated rings. The number of para-hydroxylation sites is 1. The fraction of sp³-hybridized carbons (Fsp3) is 0.375. The molecule has 27 heavy (non-hydrogen) atoms. The van der Waals surface area contributed by atoms with Crippen LogP contribution in [-0.2, 0) is 6.54 Å². The summed E-state index contributed by atoms with van der Waals surface area (Å²) in [5.74, 6) is 0.541. The molecule has 1 unspecified atom stereocenters. The predicted octanol–water partition coefficient (Wildman–Crippen LogP) is 5.38. The molecule has 1 aliphatic rings. The van der Waals surface area contributed by atoms with Gasteiger partial charge in [0.1, 0.15) is 0 Å². The molecule has 140 valence electrons. The Kier molecular flexibility index (Phi) is 5.40. The van der Waals surface area contributed by atoms with Crippen molar-refractivity contribution in [2.75, 3.05) is 20.1 Å². The van der Waals surface area contributed by atoms with Crippen LogP contribution in [0.3, 0.4) is 0 Å². The number of nitrogens with one attached hydrogen (secondary N) is 1. The van der Waals surface area contributed by atoms with Gasteiger partial charge in [-0.15, -0.1) is 0 Å². The van der Waals surface area contributed by atoms with Crippen LogP contribution in [0, 0.1) is 0 Å². The van der Waals surface area contributed by atoms with Gasteiger partial charge in [-0.25, -0.2) is 0 Å². The Morgan fingerprint density at radius 2 is 1.81 bits per heavy atom. The van der Waals surface area contributed by atoms with Gasteiger partial charge in [-0.3, -0.25) is 4.99 Å². The molecule has 3 nitrogen and oxygen atoms in total. The molecule has 0 saturated carbocycles. The van der Waals surface area contributed by atoms with E-state index in [-0.39, 0.29) is 0 Å². The van der Waals surface area contributed by atoms with E-state index in [1.165, 1.54) is 47.0 Å². The number of nitrogens with zero attached hydrogens (tertiary/aromatic N) is 2. The Labute approximate surface area is 162 Å². The summed E-state index contributed by atoms with van der Waals surface area (Å²) in [4.78, 5) is 10.8. The zero-order chi connectivity index (χ0) is 18.6. The lowest BCUT2D eigenvalue weighted by Crippen LogP contribution is -2.19. The Hall–Kier alpha value is -2.39. The summed E-state index contributed by atoms with van der Waals surface area (Å²) in [6.07, 6.45) is 3.70. The Morgan fingerprint density at radius 3 is 2.67 bits per heavy atom. The van der Waals surface area contributed by atoms with E-state index in [4.69, 9.17) is 4.99 Å². The summed E-state index contributed by atoms with van der Waals surface area (Å²) in [7, 11) is 2.22. The normalized spacial score (nSPS) is 16.6. The maximum atomic E-state index is 4.79. The third kappa shape index (κ3) is 3.98. The third-order valence-corrected chi connectivity index (χ3v) is 5.70. The first-order valence-electron chi connectivity index (χ1n) is 10.1. The number of benzene rings is 2. The second kappa shape index (κ2) is 8.10. The molecule has 1 N–H and O–H groups in total. The summed E-state index contributed by atoms with van der Waals surface area (Å²) >= 11 is 0. The number of hydrogen-bond donors (Lipinski definition) is 1. The van der Waals surface area contributed by atoms with Crippen molar-refractivity contribution in [2.45, 2.75) is 38.6 Å². The van der Waals surface area contributed by atoms with Crippen LogP contribution in [0.15, 0.2) is 59.6 Å². The Bertz CT molecular complexity index is 923. The summed E-state index contributed by atoms with van der Waals surface area (Å²) in [5.41, 5.74) is 6.54. The Morgan fingerprint density at radius 1 is 1.04 bits per heavy atom. The minimum Gasteiger partial charge on any atom is -0.353 e. The van der Waals surface area contributed by atoms with Crippen LogP contribution in [0.25, 0.3) is 10.9 Å². The molecule has 2 aromatic carbocycles. The van der Waals surface area contributed by atoms with Crippen molar-refractivity contribution in [1.29, 1.82) is 0 Å². The molecular formula is C24H29N3. The zero-order valence-electron chi connectivity index (χ0n) is 16.4. The van der Waals surface area contributed by atoms with Crippen LogP contribution in [0.1, 0.15) is 48.9 Å². The van der Waals surface area contributed by atoms with Gasteiger partial charge < -0.3 is 9.88 Å². The highest BCUT2D eigenvalue weighted by atomic mass is 15.1. The van der Waals surface area contributed by atoms with Crippen LogP contribution in [0.4, 0.5) is 0 Å². The van der Waals surface area contributed by atoms with Gasteiger partial charge in [-0.05, 0) is 50.6 Å². The van der Waals surface area contributed by atoms with Crippen LogP contribution in [-0.4, -0.2) is 35.7 Å². The molecule has 0 spiro atoms. The van der Waals surface area contributed by atoms with Crippen molar-refractivity contribution in [3.63, 3.8) is 0 Å². The van der Waals surface area contributed by atoms with Gasteiger partial charge in [0.15, 0.2) is 0 Å². The second-order valence-electron chi connectivity index (χ2n) is 7.80. The smallest absolute Gasteiger partial charge is 0.0638 e. The molecule has 4 rings (SSSR count). The lowest BCUT2D eigenvalue weighted by atomic mass is 9.88. The summed E-state index contributed by atoms with van der Waals surface area (Å²) in [5, 5.41) is 1.38. The van der Waals surface area contributed by atoms with E-state index in [1.54, 1.807) is 0 Å². The number of H-pyrrole nitrogens is 1. The van der Waals surface area contributed by atoms with E-state index in [0.717, 1.165) is 25.3 Å². The molecule has 3 aromatic rings. The van der Waals surface area contributed by atoms with Gasteiger partial charge in [0, 0.05) is 29.9 Å². The van der Waals surface area contributed by atoms with Crippen LogP contribution in [0.2, 0.25) is 0 Å². The highest BCUT2D eigenvalue weighted by Gasteiger charge is 2.25. The predicted molar refractivity (Wildman–Crippen MR) is 115 cm³/mol. The van der Waals surface area contributed by atoms with E-state index in [0.29, 0.717) is 5.92 Å². The summed E-state index contributed by atoms with van der Waals surface area (Å²) in [6, 6.07) is 19.4. The molecule has 0 aliphatic carbocycles. The standard InChI is InChI=1S/C24H29N3/c1-18-24-23(21-13-6-7-14-22(21)26-24)20(16-25-18)12-8-9-15-27(2)17-19-10-4-3-5-11-19/h3-7,10-11,13-14,20,26H,8-9,12,15-17H2,1-2H3. The summed E-state index contributed by atoms with van der Waals surface area (Å²) < 4.78 is 0. The van der Waals surface area contributed by atoms with E-state index in [1.807, 2.05) is 0 Å². The minimum absolute atomic E-state index is 0.541. The number of unbranched alkanes of at least 4 members (excludes halogenated alkanes) is 1. The van der Waals surface area contributed by atoms with Crippen molar-refractivity contribution in [3.8, 4) is 0 Å². The first-order chi connectivity index (χ1) is 13.2. The molecule has 1 aromatic heterocycles. The molecule has 0 radical (unpaired) electrons. The first kappa shape index (κ1) is 18.0. The third-order valence-electron chi connectivity index (χ3n) is 5.70. The average molecular weight is 360 g/mol. The highest BCUT2D eigenvalue weighted by Crippen LogP contribution is 2.35. The first-order valence-corrected chi connectivity index (χ1v) is 10.1. The average Bonchev–Trinajstić information content (AvgIpc) is 3.08. The molecule has 0 bridgehead atoms. The number of aromatic nitrogens is 1. The number of aromatic amines is 1. The van der Waals surface area contributed by atoms with Gasteiger partial charge in [-0.2, -0.15) is 0 Å². The number of hydrogen-bond acceptors (Lipinski definition) is 2. The van der Waals surface area contributed by atoms with Gasteiger partial charge in [0.2, 0.25) is 0 Å². The van der Waals surface area contributed by atoms with E-state index >= 15 is 0 Å². The monoisotopic (exact) mass is 359 g/mol. The van der Waals surface area contributed by atoms with Gasteiger partial charge in [0.25, 0.3) is 0 Å². The molecular weight excluding hydrogens is 330 g/mol. The minimum atomic E-state index is 0.541. The largest absolute Gasteiger partial charge is 0.353 e. The van der Waals surface area contributed by atoms with Crippen LogP contribution in [0.5, 0.6) is 0 Å². The van der Waals surface area contributed by atoms with Crippen molar-refractivity contribution in [3.05, 3.63) is 71.4 Å². The van der Waals surface area contributed by atoms with E-state index in [2.05, 4.69) is 78.5 Å². The Balaban J connectivity index is 1.35. The van der Waals surface area contributed by atoms with E-state index < -0.39 is 0 Å². The van der Waals surface area contributed by atoms with Crippen LogP contribution < -0.4 is 0 Å². The van der Waals surface area contributed by atoms with E-state index in [9.17, 15) is 0 Å². The lowest BCUT2D eigenvalue weighted by Gasteiger charge is -2.22. The van der Waals surface area contributed by atoms with Gasteiger partial charge in [0.05, 0.1) is 11.4 Å². The topological polar surface area (TPSA) is 31.4 Å². The SMILES string of the molecule is CC1=NCC(CCCCN(C)Cc2ccccc2)c2c1[nH]c1ccccc21. The lowest BCUT2D eigenvalue weighted by molar-refractivity contribution is 0.315. The quantitative estimate of drug-likeness (QED) is 0.565. The fourth-order valence-electron chi connectivity index (χ4n) is 4.27. The summed E-state index contributed by atoms with van der Waals surface area (Å²) in [6.45, 7) is 5.23. The highest BCUT2D eigenvalue weighted by molar-refractivity contribution is 6.05. The number of aliphatic imine (C=N–C) groups is 1. The molecule has 0 saturated heterocycles. The second-order valence-corrected chi connectivity index (χ2v) is 7.80. The van der Waals surface area contributed by atoms with Crippen molar-refractivity contribution in [2.24, 2.45) is 4.99 Å². The molecule has 1 atom stereocenters. The van der Waals surface area contributed by atoms with Crippen molar-refractivity contribution < 1.29 is 0 Å². The zero-order valence-corrected chi connectivity index (χ0v) is 16.4. The van der Waals surface area contributed by atoms with Crippen molar-refractivity contribution in [1.82, 2.24) is 9.88 Å². The maximum Gasteiger partial charge on any atom is 0.0638 e. The molecule has 0 amide bonds.